The first-order valence-corrected chi connectivity index (χ1v) is 12.4. The van der Waals surface area contributed by atoms with Gasteiger partial charge < -0.3 is 31.7 Å². The number of aromatic nitrogens is 3. The van der Waals surface area contributed by atoms with Crippen LogP contribution in [0.1, 0.15) is 21.5 Å². The number of nitrogens with zero attached hydrogens (tertiary/aromatic N) is 3. The van der Waals surface area contributed by atoms with E-state index in [4.69, 9.17) is 10.5 Å². The van der Waals surface area contributed by atoms with Crippen LogP contribution in [0, 0.1) is 0 Å². The largest absolute Gasteiger partial charge is 0.397 e. The summed E-state index contributed by atoms with van der Waals surface area (Å²) in [5.74, 6) is 1.14. The molecule has 0 saturated heterocycles. The van der Waals surface area contributed by atoms with Gasteiger partial charge in [-0.25, -0.2) is 0 Å². The zero-order chi connectivity index (χ0) is 26.6. The number of hydrogen-bond acceptors (Lipinski definition) is 9. The molecule has 1 aromatic heterocycles. The first-order chi connectivity index (χ1) is 18.6. The van der Waals surface area contributed by atoms with Crippen molar-refractivity contribution in [2.24, 2.45) is 0 Å². The number of para-hydroxylation sites is 2. The lowest BCUT2D eigenvalue weighted by atomic mass is 10.1. The summed E-state index contributed by atoms with van der Waals surface area (Å²) >= 11 is 0. The molecule has 10 heteroatoms. The van der Waals surface area contributed by atoms with Crippen molar-refractivity contribution in [3.05, 3.63) is 95.6 Å². The van der Waals surface area contributed by atoms with Crippen LogP contribution in [-0.2, 0) is 17.7 Å². The van der Waals surface area contributed by atoms with Gasteiger partial charge in [0.05, 0.1) is 18.0 Å². The summed E-state index contributed by atoms with van der Waals surface area (Å²) < 4.78 is 5.11. The highest BCUT2D eigenvalue weighted by atomic mass is 16.5. The molecular weight excluding hydrogens is 480 g/mol. The Morgan fingerprint density at radius 1 is 0.763 bits per heavy atom. The van der Waals surface area contributed by atoms with Gasteiger partial charge >= 0.3 is 0 Å². The fourth-order valence-electron chi connectivity index (χ4n) is 3.60. The molecule has 1 heterocycles. The number of ether oxygens (including phenoxy) is 1. The Bertz CT molecular complexity index is 1320. The van der Waals surface area contributed by atoms with Crippen LogP contribution >= 0.6 is 0 Å². The van der Waals surface area contributed by atoms with Gasteiger partial charge in [0.1, 0.15) is 0 Å². The molecule has 0 aliphatic rings. The Labute approximate surface area is 222 Å². The molecule has 0 bridgehead atoms. The van der Waals surface area contributed by atoms with Crippen molar-refractivity contribution >= 4 is 35.1 Å². The number of amides is 1. The summed E-state index contributed by atoms with van der Waals surface area (Å²) in [5, 5.41) is 12.5. The van der Waals surface area contributed by atoms with E-state index in [1.165, 1.54) is 5.56 Å². The second-order valence-electron chi connectivity index (χ2n) is 8.48. The molecule has 0 fully saturated rings. The molecule has 4 aromatic rings. The molecule has 3 aromatic carbocycles. The van der Waals surface area contributed by atoms with Gasteiger partial charge in [-0.1, -0.05) is 54.6 Å². The molecule has 38 heavy (non-hydrogen) atoms. The summed E-state index contributed by atoms with van der Waals surface area (Å²) in [6.45, 7) is 2.26. The lowest BCUT2D eigenvalue weighted by molar-refractivity contribution is 0.102. The number of rotatable bonds is 13. The highest BCUT2D eigenvalue weighted by Crippen LogP contribution is 2.18. The van der Waals surface area contributed by atoms with Crippen molar-refractivity contribution in [1.29, 1.82) is 0 Å². The van der Waals surface area contributed by atoms with Crippen molar-refractivity contribution in [3.63, 3.8) is 0 Å². The highest BCUT2D eigenvalue weighted by molar-refractivity contribution is 6.05. The van der Waals surface area contributed by atoms with Crippen molar-refractivity contribution in [2.75, 3.05) is 53.8 Å². The Morgan fingerprint density at radius 2 is 1.39 bits per heavy atom. The molecule has 0 radical (unpaired) electrons. The van der Waals surface area contributed by atoms with Gasteiger partial charge in [-0.3, -0.25) is 4.79 Å². The lowest BCUT2D eigenvalue weighted by Gasteiger charge is -2.12. The van der Waals surface area contributed by atoms with E-state index in [0.717, 1.165) is 12.0 Å². The Kier molecular flexibility index (Phi) is 9.41. The third kappa shape index (κ3) is 7.90. The number of nitrogens with one attached hydrogen (secondary N) is 4. The average Bonchev–Trinajstić information content (AvgIpc) is 2.94. The van der Waals surface area contributed by atoms with E-state index in [-0.39, 0.29) is 5.91 Å². The smallest absolute Gasteiger partial charge is 0.255 e. The minimum absolute atomic E-state index is 0.224. The predicted octanol–water partition coefficient (Wildman–Crippen LogP) is 4.03. The van der Waals surface area contributed by atoms with Crippen LogP contribution in [0.3, 0.4) is 0 Å². The topological polar surface area (TPSA) is 139 Å². The molecule has 0 aliphatic carbocycles. The Morgan fingerprint density at radius 3 is 2.08 bits per heavy atom. The first-order valence-electron chi connectivity index (χ1n) is 12.4. The maximum Gasteiger partial charge on any atom is 0.255 e. The second kappa shape index (κ2) is 13.6. The molecular formula is C28H32N8O2. The van der Waals surface area contributed by atoms with Crippen LogP contribution in [0.25, 0.3) is 0 Å². The van der Waals surface area contributed by atoms with Gasteiger partial charge in [0.2, 0.25) is 17.8 Å². The fourth-order valence-corrected chi connectivity index (χ4v) is 3.60. The molecule has 196 valence electrons. The van der Waals surface area contributed by atoms with E-state index in [2.05, 4.69) is 48.4 Å². The van der Waals surface area contributed by atoms with Gasteiger partial charge in [-0.2, -0.15) is 15.0 Å². The molecule has 0 saturated carbocycles. The number of nitrogen functional groups attached to an aromatic ring is 1. The summed E-state index contributed by atoms with van der Waals surface area (Å²) in [5.41, 5.74) is 9.75. The zero-order valence-corrected chi connectivity index (χ0v) is 21.3. The van der Waals surface area contributed by atoms with Crippen LogP contribution in [0.4, 0.5) is 29.2 Å². The fraction of sp³-hybridized carbons (Fsp3) is 0.214. The number of anilines is 5. The van der Waals surface area contributed by atoms with E-state index >= 15 is 0 Å². The number of methoxy groups -OCH3 is 1. The average molecular weight is 513 g/mol. The van der Waals surface area contributed by atoms with E-state index in [0.29, 0.717) is 61.0 Å². The monoisotopic (exact) mass is 512 g/mol. The Balaban J connectivity index is 1.37. The standard InChI is InChI=1S/C28H32N8O2/c1-38-18-17-31-27-34-26(30-16-15-20-7-3-2-4-8-20)35-28(36-27)32-19-21-11-13-22(14-12-21)25(37)33-24-10-6-5-9-23(24)29/h2-14H,15-19,29H2,1H3,(H,33,37)(H3,30,31,32,34,35,36). The molecule has 1 amide bonds. The van der Waals surface area contributed by atoms with E-state index < -0.39 is 0 Å². The maximum absolute atomic E-state index is 12.6. The maximum atomic E-state index is 12.6. The van der Waals surface area contributed by atoms with Gasteiger partial charge in [0.25, 0.3) is 5.91 Å². The lowest BCUT2D eigenvalue weighted by Crippen LogP contribution is -2.16. The van der Waals surface area contributed by atoms with Crippen LogP contribution in [-0.4, -0.2) is 47.7 Å². The van der Waals surface area contributed by atoms with Crippen molar-refractivity contribution < 1.29 is 9.53 Å². The normalized spacial score (nSPS) is 10.6. The summed E-state index contributed by atoms with van der Waals surface area (Å²) in [6.07, 6.45) is 0.846. The quantitative estimate of drug-likeness (QED) is 0.133. The number of carbonyl (C=O) groups is 1. The minimum Gasteiger partial charge on any atom is -0.397 e. The number of nitrogens with two attached hydrogens (primary N) is 1. The van der Waals surface area contributed by atoms with E-state index in [1.54, 1.807) is 31.4 Å². The van der Waals surface area contributed by atoms with E-state index in [9.17, 15) is 4.79 Å². The summed E-state index contributed by atoms with van der Waals surface area (Å²) in [7, 11) is 1.64. The molecule has 0 aliphatic heterocycles. The molecule has 6 N–H and O–H groups in total. The van der Waals surface area contributed by atoms with Crippen molar-refractivity contribution in [1.82, 2.24) is 15.0 Å². The number of hydrogen-bond donors (Lipinski definition) is 5. The SMILES string of the molecule is COCCNc1nc(NCCc2ccccc2)nc(NCc2ccc(C(=O)Nc3ccccc3N)cc2)n1. The summed E-state index contributed by atoms with van der Waals surface area (Å²) in [6, 6.07) is 24.7. The number of carbonyl (C=O) groups excluding carboxylic acids is 1. The number of benzene rings is 3. The molecule has 0 unspecified atom stereocenters. The van der Waals surface area contributed by atoms with Gasteiger partial charge in [0.15, 0.2) is 0 Å². The van der Waals surface area contributed by atoms with Crippen LogP contribution in [0.5, 0.6) is 0 Å². The van der Waals surface area contributed by atoms with Crippen LogP contribution in [0.15, 0.2) is 78.9 Å². The van der Waals surface area contributed by atoms with Crippen molar-refractivity contribution in [2.45, 2.75) is 13.0 Å². The van der Waals surface area contributed by atoms with Gasteiger partial charge in [0, 0.05) is 32.3 Å². The van der Waals surface area contributed by atoms with Gasteiger partial charge in [-0.15, -0.1) is 0 Å². The van der Waals surface area contributed by atoms with E-state index in [1.807, 2.05) is 42.5 Å². The molecule has 10 nitrogen and oxygen atoms in total. The van der Waals surface area contributed by atoms with Crippen LogP contribution < -0.4 is 27.0 Å². The summed E-state index contributed by atoms with van der Waals surface area (Å²) in [4.78, 5) is 26.0. The predicted molar refractivity (Wildman–Crippen MR) is 151 cm³/mol. The van der Waals surface area contributed by atoms with Crippen LogP contribution in [0.2, 0.25) is 0 Å². The third-order valence-electron chi connectivity index (χ3n) is 5.64. The third-order valence-corrected chi connectivity index (χ3v) is 5.64. The highest BCUT2D eigenvalue weighted by Gasteiger charge is 2.09. The molecule has 0 spiro atoms. The zero-order valence-electron chi connectivity index (χ0n) is 21.3. The van der Waals surface area contributed by atoms with Crippen molar-refractivity contribution in [3.8, 4) is 0 Å². The first kappa shape index (κ1) is 26.4. The molecule has 4 rings (SSSR count). The minimum atomic E-state index is -0.224. The van der Waals surface area contributed by atoms with Gasteiger partial charge in [-0.05, 0) is 41.8 Å². The molecule has 0 atom stereocenters. The second-order valence-corrected chi connectivity index (χ2v) is 8.48. The Hall–Kier alpha value is -4.70.